The van der Waals surface area contributed by atoms with Gasteiger partial charge in [-0.25, -0.2) is 4.98 Å². The van der Waals surface area contributed by atoms with Crippen LogP contribution in [0.25, 0.3) is 5.65 Å². The average Bonchev–Trinajstić information content (AvgIpc) is 2.95. The lowest BCUT2D eigenvalue weighted by molar-refractivity contribution is -0.135. The molecule has 2 aromatic rings. The number of piperazine rings is 1. The van der Waals surface area contributed by atoms with Crippen molar-refractivity contribution in [1.29, 1.82) is 0 Å². The number of pyridine rings is 1. The van der Waals surface area contributed by atoms with E-state index < -0.39 is 0 Å². The van der Waals surface area contributed by atoms with Crippen molar-refractivity contribution >= 4 is 17.2 Å². The monoisotopic (exact) mass is 274 g/mol. The maximum absolute atomic E-state index is 11.8. The molecule has 0 atom stereocenters. The number of anilines is 1. The summed E-state index contributed by atoms with van der Waals surface area (Å²) < 4.78 is 6.90. The standard InChI is InChI=1S/C14H18N4O2/c1-20-11-14(19)17-8-6-16(7-9-17)12-2-3-13-15-4-5-18(13)10-12/h2-5,10H,6-9,11H2,1H3. The molecule has 0 spiro atoms. The van der Waals surface area contributed by atoms with E-state index in [2.05, 4.69) is 22.1 Å². The number of methoxy groups -OCH3 is 1. The van der Waals surface area contributed by atoms with Gasteiger partial charge in [-0.3, -0.25) is 4.79 Å². The lowest BCUT2D eigenvalue weighted by Crippen LogP contribution is -2.49. The lowest BCUT2D eigenvalue weighted by Gasteiger charge is -2.36. The minimum absolute atomic E-state index is 0.0669. The van der Waals surface area contributed by atoms with Crippen LogP contribution in [0.15, 0.2) is 30.7 Å². The van der Waals surface area contributed by atoms with E-state index >= 15 is 0 Å². The highest BCUT2D eigenvalue weighted by Gasteiger charge is 2.21. The number of hydrogen-bond acceptors (Lipinski definition) is 4. The quantitative estimate of drug-likeness (QED) is 0.824. The molecule has 0 N–H and O–H groups in total. The molecule has 6 heteroatoms. The van der Waals surface area contributed by atoms with Gasteiger partial charge in [0.15, 0.2) is 0 Å². The van der Waals surface area contributed by atoms with Crippen molar-refractivity contribution in [2.75, 3.05) is 44.8 Å². The third-order valence-corrected chi connectivity index (χ3v) is 3.64. The Kier molecular flexibility index (Phi) is 3.56. The molecule has 0 radical (unpaired) electrons. The number of aromatic nitrogens is 2. The van der Waals surface area contributed by atoms with Gasteiger partial charge in [0, 0.05) is 51.9 Å². The van der Waals surface area contributed by atoms with Crippen LogP contribution in [-0.2, 0) is 9.53 Å². The predicted octanol–water partition coefficient (Wildman–Crippen LogP) is 0.629. The van der Waals surface area contributed by atoms with E-state index in [0.717, 1.165) is 37.5 Å². The van der Waals surface area contributed by atoms with Crippen molar-refractivity contribution in [2.45, 2.75) is 0 Å². The molecule has 6 nitrogen and oxygen atoms in total. The van der Waals surface area contributed by atoms with Gasteiger partial charge in [-0.1, -0.05) is 0 Å². The molecule has 1 saturated heterocycles. The highest BCUT2D eigenvalue weighted by molar-refractivity contribution is 5.77. The van der Waals surface area contributed by atoms with E-state index in [-0.39, 0.29) is 12.5 Å². The van der Waals surface area contributed by atoms with Crippen molar-refractivity contribution in [3.63, 3.8) is 0 Å². The summed E-state index contributed by atoms with van der Waals surface area (Å²) in [7, 11) is 1.55. The topological polar surface area (TPSA) is 50.1 Å². The summed E-state index contributed by atoms with van der Waals surface area (Å²) in [5.74, 6) is 0.0669. The van der Waals surface area contributed by atoms with Gasteiger partial charge in [0.05, 0.1) is 5.69 Å². The molecule has 0 saturated carbocycles. The summed E-state index contributed by atoms with van der Waals surface area (Å²) in [5, 5.41) is 0. The summed E-state index contributed by atoms with van der Waals surface area (Å²) >= 11 is 0. The minimum atomic E-state index is 0.0669. The first kappa shape index (κ1) is 12.9. The van der Waals surface area contributed by atoms with Crippen molar-refractivity contribution < 1.29 is 9.53 Å². The maximum atomic E-state index is 11.8. The highest BCUT2D eigenvalue weighted by atomic mass is 16.5. The van der Waals surface area contributed by atoms with Crippen LogP contribution in [0.3, 0.4) is 0 Å². The van der Waals surface area contributed by atoms with E-state index in [1.54, 1.807) is 13.3 Å². The zero-order valence-electron chi connectivity index (χ0n) is 11.5. The Hall–Kier alpha value is -2.08. The molecule has 2 aromatic heterocycles. The van der Waals surface area contributed by atoms with Gasteiger partial charge >= 0.3 is 0 Å². The molecule has 0 unspecified atom stereocenters. The first-order chi connectivity index (χ1) is 9.78. The molecule has 0 aliphatic carbocycles. The van der Waals surface area contributed by atoms with Crippen LogP contribution in [0, 0.1) is 0 Å². The minimum Gasteiger partial charge on any atom is -0.375 e. The molecule has 20 heavy (non-hydrogen) atoms. The molecular formula is C14H18N4O2. The predicted molar refractivity (Wildman–Crippen MR) is 75.9 cm³/mol. The van der Waals surface area contributed by atoms with Gasteiger partial charge in [-0.15, -0.1) is 0 Å². The second-order valence-corrected chi connectivity index (χ2v) is 4.88. The van der Waals surface area contributed by atoms with Crippen molar-refractivity contribution in [3.05, 3.63) is 30.7 Å². The molecule has 1 amide bonds. The zero-order valence-corrected chi connectivity index (χ0v) is 11.5. The van der Waals surface area contributed by atoms with E-state index in [4.69, 9.17) is 4.74 Å². The number of amides is 1. The molecule has 0 aromatic carbocycles. The number of rotatable bonds is 3. The Morgan fingerprint density at radius 3 is 2.85 bits per heavy atom. The second-order valence-electron chi connectivity index (χ2n) is 4.88. The molecule has 3 heterocycles. The molecule has 106 valence electrons. The average molecular weight is 274 g/mol. The number of ether oxygens (including phenoxy) is 1. The first-order valence-electron chi connectivity index (χ1n) is 6.72. The number of carbonyl (C=O) groups excluding carboxylic acids is 1. The summed E-state index contributed by atoms with van der Waals surface area (Å²) in [6.45, 7) is 3.33. The van der Waals surface area contributed by atoms with E-state index in [1.807, 2.05) is 21.6 Å². The molecule has 1 aliphatic heterocycles. The lowest BCUT2D eigenvalue weighted by atomic mass is 10.2. The van der Waals surface area contributed by atoms with E-state index in [9.17, 15) is 4.79 Å². The molecule has 1 fully saturated rings. The fourth-order valence-electron chi connectivity index (χ4n) is 2.52. The normalized spacial score (nSPS) is 15.8. The molecule has 1 aliphatic rings. The van der Waals surface area contributed by atoms with E-state index in [0.29, 0.717) is 0 Å². The van der Waals surface area contributed by atoms with Gasteiger partial charge in [0.1, 0.15) is 12.3 Å². The van der Waals surface area contributed by atoms with Crippen LogP contribution < -0.4 is 4.90 Å². The second kappa shape index (κ2) is 5.50. The summed E-state index contributed by atoms with van der Waals surface area (Å²) in [5.41, 5.74) is 2.11. The third-order valence-electron chi connectivity index (χ3n) is 3.64. The van der Waals surface area contributed by atoms with Crippen LogP contribution in [0.4, 0.5) is 5.69 Å². The van der Waals surface area contributed by atoms with Crippen molar-refractivity contribution in [3.8, 4) is 0 Å². The number of imidazole rings is 1. The summed E-state index contributed by atoms with van der Waals surface area (Å²) in [4.78, 5) is 20.1. The van der Waals surface area contributed by atoms with Crippen LogP contribution in [0.1, 0.15) is 0 Å². The van der Waals surface area contributed by atoms with Gasteiger partial charge < -0.3 is 18.9 Å². The number of fused-ring (bicyclic) bond motifs is 1. The number of carbonyl (C=O) groups is 1. The summed E-state index contributed by atoms with van der Waals surface area (Å²) in [6.07, 6.45) is 5.81. The Balaban J connectivity index is 1.66. The maximum Gasteiger partial charge on any atom is 0.248 e. The zero-order chi connectivity index (χ0) is 13.9. The smallest absolute Gasteiger partial charge is 0.248 e. The Morgan fingerprint density at radius 1 is 1.30 bits per heavy atom. The van der Waals surface area contributed by atoms with Gasteiger partial charge in [-0.2, -0.15) is 0 Å². The van der Waals surface area contributed by atoms with Crippen molar-refractivity contribution in [1.82, 2.24) is 14.3 Å². The van der Waals surface area contributed by atoms with Crippen molar-refractivity contribution in [2.24, 2.45) is 0 Å². The van der Waals surface area contributed by atoms with Gasteiger partial charge in [0.25, 0.3) is 0 Å². The summed E-state index contributed by atoms with van der Waals surface area (Å²) in [6, 6.07) is 4.09. The SMILES string of the molecule is COCC(=O)N1CCN(c2ccc3nccn3c2)CC1. The largest absolute Gasteiger partial charge is 0.375 e. The van der Waals surface area contributed by atoms with Gasteiger partial charge in [-0.05, 0) is 12.1 Å². The van der Waals surface area contributed by atoms with Gasteiger partial charge in [0.2, 0.25) is 5.91 Å². The highest BCUT2D eigenvalue weighted by Crippen LogP contribution is 2.17. The molecular weight excluding hydrogens is 256 g/mol. The van der Waals surface area contributed by atoms with Crippen LogP contribution in [-0.4, -0.2) is 60.1 Å². The van der Waals surface area contributed by atoms with Crippen LogP contribution in [0.5, 0.6) is 0 Å². The first-order valence-corrected chi connectivity index (χ1v) is 6.72. The Bertz CT molecular complexity index is 602. The molecule has 3 rings (SSSR count). The molecule has 0 bridgehead atoms. The third kappa shape index (κ3) is 2.46. The fourth-order valence-corrected chi connectivity index (χ4v) is 2.52. The number of nitrogens with zero attached hydrogens (tertiary/aromatic N) is 4. The Morgan fingerprint density at radius 2 is 2.10 bits per heavy atom. The Labute approximate surface area is 117 Å². The fraction of sp³-hybridized carbons (Fsp3) is 0.429. The van der Waals surface area contributed by atoms with Crippen LogP contribution >= 0.6 is 0 Å². The van der Waals surface area contributed by atoms with Crippen LogP contribution in [0.2, 0.25) is 0 Å². The van der Waals surface area contributed by atoms with E-state index in [1.165, 1.54) is 0 Å². The number of hydrogen-bond donors (Lipinski definition) is 0.